The number of aliphatic hydroxyl groups is 1. The molecule has 0 atom stereocenters. The van der Waals surface area contributed by atoms with Crippen LogP contribution in [0.15, 0.2) is 0 Å². The lowest BCUT2D eigenvalue weighted by atomic mass is 10.2. The summed E-state index contributed by atoms with van der Waals surface area (Å²) in [6.07, 6.45) is -0.237. The van der Waals surface area contributed by atoms with E-state index in [0.717, 1.165) is 0 Å². The number of hydrogen-bond donors (Lipinski definition) is 1. The first kappa shape index (κ1) is 10.8. The van der Waals surface area contributed by atoms with E-state index in [1.807, 2.05) is 0 Å². The van der Waals surface area contributed by atoms with E-state index in [4.69, 9.17) is 5.11 Å². The molecule has 0 fully saturated rings. The van der Waals surface area contributed by atoms with Crippen molar-refractivity contribution in [2.75, 3.05) is 13.2 Å². The second-order valence-electron chi connectivity index (χ2n) is 2.24. The van der Waals surface area contributed by atoms with Crippen LogP contribution >= 0.6 is 0 Å². The Labute approximate surface area is 69.3 Å². The standard InChI is InChI=1S/C7H10O5/c1-5(9)2-6(10)4-12-7(11)3-8/h8H,2-4H2,1H3. The van der Waals surface area contributed by atoms with Gasteiger partial charge in [0.15, 0.2) is 12.4 Å². The molecule has 0 unspecified atom stereocenters. The highest BCUT2D eigenvalue weighted by atomic mass is 16.5. The molecule has 0 aromatic rings. The summed E-state index contributed by atoms with van der Waals surface area (Å²) in [6.45, 7) is 0.0675. The molecule has 0 rings (SSSR count). The maximum atomic E-state index is 10.7. The molecule has 5 heteroatoms. The molecule has 0 heterocycles. The van der Waals surface area contributed by atoms with E-state index in [-0.39, 0.29) is 12.2 Å². The topological polar surface area (TPSA) is 80.7 Å². The number of esters is 1. The number of carbonyl (C=O) groups excluding carboxylic acids is 3. The first-order valence-corrected chi connectivity index (χ1v) is 3.34. The van der Waals surface area contributed by atoms with E-state index in [0.29, 0.717) is 0 Å². The highest BCUT2D eigenvalue weighted by molar-refractivity contribution is 5.99. The molecule has 68 valence electrons. The number of ether oxygens (including phenoxy) is 1. The molecule has 0 saturated heterocycles. The van der Waals surface area contributed by atoms with Gasteiger partial charge >= 0.3 is 5.97 Å². The number of Topliss-reactive ketones (excluding diaryl/α,β-unsaturated/α-hetero) is 2. The normalized spacial score (nSPS) is 9.17. The summed E-state index contributed by atoms with van der Waals surface area (Å²) >= 11 is 0. The molecule has 0 aliphatic carbocycles. The Hall–Kier alpha value is -1.23. The van der Waals surface area contributed by atoms with E-state index >= 15 is 0 Å². The Kier molecular flexibility index (Phi) is 4.87. The molecular weight excluding hydrogens is 164 g/mol. The average molecular weight is 174 g/mol. The Morgan fingerprint density at radius 1 is 1.33 bits per heavy atom. The van der Waals surface area contributed by atoms with Crippen molar-refractivity contribution in [1.29, 1.82) is 0 Å². The average Bonchev–Trinajstić information content (AvgIpc) is 1.99. The van der Waals surface area contributed by atoms with Crippen LogP contribution < -0.4 is 0 Å². The van der Waals surface area contributed by atoms with Gasteiger partial charge in [0.25, 0.3) is 0 Å². The Morgan fingerprint density at radius 3 is 2.33 bits per heavy atom. The lowest BCUT2D eigenvalue weighted by Gasteiger charge is -1.99. The van der Waals surface area contributed by atoms with Crippen molar-refractivity contribution in [3.05, 3.63) is 0 Å². The van der Waals surface area contributed by atoms with Crippen molar-refractivity contribution in [3.63, 3.8) is 0 Å². The van der Waals surface area contributed by atoms with Gasteiger partial charge in [0.05, 0.1) is 6.42 Å². The third kappa shape index (κ3) is 5.55. The number of ketones is 2. The monoisotopic (exact) mass is 174 g/mol. The number of rotatable bonds is 5. The zero-order valence-electron chi connectivity index (χ0n) is 6.70. The highest BCUT2D eigenvalue weighted by Crippen LogP contribution is 1.87. The number of aliphatic hydroxyl groups excluding tert-OH is 1. The van der Waals surface area contributed by atoms with Gasteiger partial charge in [-0.3, -0.25) is 9.59 Å². The summed E-state index contributed by atoms with van der Waals surface area (Å²) in [7, 11) is 0. The molecule has 0 radical (unpaired) electrons. The van der Waals surface area contributed by atoms with Crippen LogP contribution in [0.2, 0.25) is 0 Å². The zero-order chi connectivity index (χ0) is 9.56. The van der Waals surface area contributed by atoms with Crippen LogP contribution in [-0.4, -0.2) is 35.9 Å². The molecule has 5 nitrogen and oxygen atoms in total. The molecule has 12 heavy (non-hydrogen) atoms. The lowest BCUT2D eigenvalue weighted by Crippen LogP contribution is -2.17. The van der Waals surface area contributed by atoms with Crippen LogP contribution in [0.25, 0.3) is 0 Å². The molecule has 0 aromatic carbocycles. The third-order valence-corrected chi connectivity index (χ3v) is 0.969. The van der Waals surface area contributed by atoms with E-state index < -0.39 is 25.0 Å². The predicted molar refractivity (Wildman–Crippen MR) is 38.3 cm³/mol. The largest absolute Gasteiger partial charge is 0.456 e. The Bertz CT molecular complexity index is 196. The Balaban J connectivity index is 3.57. The van der Waals surface area contributed by atoms with E-state index in [1.165, 1.54) is 6.92 Å². The molecule has 0 bridgehead atoms. The number of hydrogen-bond acceptors (Lipinski definition) is 5. The maximum Gasteiger partial charge on any atom is 0.332 e. The second kappa shape index (κ2) is 5.42. The van der Waals surface area contributed by atoms with Gasteiger partial charge < -0.3 is 9.84 Å². The summed E-state index contributed by atoms with van der Waals surface area (Å²) in [6, 6.07) is 0. The van der Waals surface area contributed by atoms with E-state index in [1.54, 1.807) is 0 Å². The zero-order valence-corrected chi connectivity index (χ0v) is 6.70. The van der Waals surface area contributed by atoms with Gasteiger partial charge in [-0.05, 0) is 6.92 Å². The smallest absolute Gasteiger partial charge is 0.332 e. The van der Waals surface area contributed by atoms with E-state index in [9.17, 15) is 14.4 Å². The van der Waals surface area contributed by atoms with Crippen molar-refractivity contribution in [1.82, 2.24) is 0 Å². The van der Waals surface area contributed by atoms with Gasteiger partial charge in [-0.15, -0.1) is 0 Å². The van der Waals surface area contributed by atoms with Gasteiger partial charge in [0.1, 0.15) is 12.4 Å². The summed E-state index contributed by atoms with van der Waals surface area (Å²) < 4.78 is 4.26. The predicted octanol–water partition coefficient (Wildman–Crippen LogP) is -0.930. The van der Waals surface area contributed by atoms with Crippen LogP contribution in [-0.2, 0) is 19.1 Å². The summed E-state index contributed by atoms with van der Waals surface area (Å²) in [4.78, 5) is 31.3. The summed E-state index contributed by atoms with van der Waals surface area (Å²) in [5.74, 6) is -1.61. The van der Waals surface area contributed by atoms with Gasteiger partial charge in [0, 0.05) is 0 Å². The first-order valence-electron chi connectivity index (χ1n) is 3.34. The molecule has 0 aliphatic rings. The van der Waals surface area contributed by atoms with Crippen LogP contribution in [0, 0.1) is 0 Å². The fourth-order valence-corrected chi connectivity index (χ4v) is 0.535. The molecule has 0 saturated carbocycles. The quantitative estimate of drug-likeness (QED) is 0.430. The van der Waals surface area contributed by atoms with Crippen molar-refractivity contribution < 1.29 is 24.2 Å². The molecule has 0 aromatic heterocycles. The minimum absolute atomic E-state index is 0.237. The van der Waals surface area contributed by atoms with Gasteiger partial charge in [-0.1, -0.05) is 0 Å². The molecule has 0 amide bonds. The molecule has 0 aliphatic heterocycles. The second-order valence-corrected chi connectivity index (χ2v) is 2.24. The van der Waals surface area contributed by atoms with E-state index in [2.05, 4.69) is 4.74 Å². The van der Waals surface area contributed by atoms with Crippen LogP contribution in [0.4, 0.5) is 0 Å². The minimum atomic E-state index is -0.869. The fourth-order valence-electron chi connectivity index (χ4n) is 0.535. The number of carbonyl (C=O) groups is 3. The van der Waals surface area contributed by atoms with Crippen LogP contribution in [0.1, 0.15) is 13.3 Å². The Morgan fingerprint density at radius 2 is 1.92 bits per heavy atom. The lowest BCUT2D eigenvalue weighted by molar-refractivity contribution is -0.151. The van der Waals surface area contributed by atoms with Gasteiger partial charge in [0.2, 0.25) is 0 Å². The summed E-state index contributed by atoms with van der Waals surface area (Å²) in [5.41, 5.74) is 0. The van der Waals surface area contributed by atoms with Crippen molar-refractivity contribution >= 4 is 17.5 Å². The van der Waals surface area contributed by atoms with Crippen molar-refractivity contribution in [2.24, 2.45) is 0 Å². The maximum absolute atomic E-state index is 10.7. The van der Waals surface area contributed by atoms with Crippen molar-refractivity contribution in [3.8, 4) is 0 Å². The fraction of sp³-hybridized carbons (Fsp3) is 0.571. The molecular formula is C7H10O5. The summed E-state index contributed by atoms with van der Waals surface area (Å²) in [5, 5.41) is 8.18. The van der Waals surface area contributed by atoms with Gasteiger partial charge in [-0.2, -0.15) is 0 Å². The molecule has 0 spiro atoms. The molecule has 1 N–H and O–H groups in total. The van der Waals surface area contributed by atoms with Gasteiger partial charge in [-0.25, -0.2) is 4.79 Å². The highest BCUT2D eigenvalue weighted by Gasteiger charge is 2.08. The SMILES string of the molecule is CC(=O)CC(=O)COC(=O)CO. The van der Waals surface area contributed by atoms with Crippen LogP contribution in [0.5, 0.6) is 0 Å². The minimum Gasteiger partial charge on any atom is -0.456 e. The van der Waals surface area contributed by atoms with Crippen LogP contribution in [0.3, 0.4) is 0 Å². The van der Waals surface area contributed by atoms with Crippen molar-refractivity contribution in [2.45, 2.75) is 13.3 Å². The third-order valence-electron chi connectivity index (χ3n) is 0.969. The first-order chi connectivity index (χ1) is 5.56.